The number of hydrogen-bond donors (Lipinski definition) is 3. The van der Waals surface area contributed by atoms with Crippen molar-refractivity contribution in [3.05, 3.63) is 33.7 Å². The fourth-order valence-corrected chi connectivity index (χ4v) is 1.33. The van der Waals surface area contributed by atoms with Crippen molar-refractivity contribution in [2.24, 2.45) is 0 Å². The minimum absolute atomic E-state index is 0.0877. The first-order valence-corrected chi connectivity index (χ1v) is 5.18. The SMILES string of the molecule is CCC(NC(=O)c1c[nH]c(C)cc1=O)C(=O)O. The summed E-state index contributed by atoms with van der Waals surface area (Å²) in [5.74, 6) is -1.80. The van der Waals surface area contributed by atoms with Crippen LogP contribution in [-0.4, -0.2) is 28.0 Å². The summed E-state index contributed by atoms with van der Waals surface area (Å²) in [6, 6.07) is 0.305. The molecule has 0 aliphatic carbocycles. The summed E-state index contributed by atoms with van der Waals surface area (Å²) in [5, 5.41) is 11.1. The predicted molar refractivity (Wildman–Crippen MR) is 61.0 cm³/mol. The Hall–Kier alpha value is -2.11. The molecule has 1 aromatic rings. The number of carbonyl (C=O) groups is 2. The molecule has 0 saturated heterocycles. The van der Waals surface area contributed by atoms with Crippen LogP contribution in [0.2, 0.25) is 0 Å². The van der Waals surface area contributed by atoms with E-state index in [0.717, 1.165) is 0 Å². The van der Waals surface area contributed by atoms with E-state index in [0.29, 0.717) is 5.69 Å². The smallest absolute Gasteiger partial charge is 0.326 e. The van der Waals surface area contributed by atoms with E-state index in [1.807, 2.05) is 0 Å². The van der Waals surface area contributed by atoms with E-state index in [1.54, 1.807) is 13.8 Å². The number of hydrogen-bond acceptors (Lipinski definition) is 3. The third-order valence-corrected chi connectivity index (χ3v) is 2.31. The van der Waals surface area contributed by atoms with Crippen LogP contribution in [-0.2, 0) is 4.79 Å². The van der Waals surface area contributed by atoms with Crippen molar-refractivity contribution in [2.45, 2.75) is 26.3 Å². The summed E-state index contributed by atoms with van der Waals surface area (Å²) >= 11 is 0. The van der Waals surface area contributed by atoms with E-state index in [9.17, 15) is 14.4 Å². The first-order chi connectivity index (χ1) is 7.95. The lowest BCUT2D eigenvalue weighted by Crippen LogP contribution is -2.41. The summed E-state index contributed by atoms with van der Waals surface area (Å²) < 4.78 is 0. The number of aryl methyl sites for hydroxylation is 1. The number of rotatable bonds is 4. The number of aliphatic carboxylic acids is 1. The average molecular weight is 238 g/mol. The van der Waals surface area contributed by atoms with Gasteiger partial charge in [0.25, 0.3) is 5.91 Å². The Kier molecular flexibility index (Phi) is 4.03. The summed E-state index contributed by atoms with van der Waals surface area (Å²) in [4.78, 5) is 36.6. The van der Waals surface area contributed by atoms with Gasteiger partial charge in [0.2, 0.25) is 0 Å². The molecule has 1 atom stereocenters. The molecule has 0 bridgehead atoms. The van der Waals surface area contributed by atoms with Gasteiger partial charge >= 0.3 is 5.97 Å². The maximum Gasteiger partial charge on any atom is 0.326 e. The van der Waals surface area contributed by atoms with Gasteiger partial charge in [0.05, 0.1) is 0 Å². The lowest BCUT2D eigenvalue weighted by molar-refractivity contribution is -0.139. The molecule has 6 heteroatoms. The van der Waals surface area contributed by atoms with Crippen LogP contribution in [0, 0.1) is 6.92 Å². The zero-order valence-electron chi connectivity index (χ0n) is 9.61. The van der Waals surface area contributed by atoms with E-state index in [2.05, 4.69) is 10.3 Å². The third-order valence-electron chi connectivity index (χ3n) is 2.31. The molecular formula is C11H14N2O4. The molecule has 6 nitrogen and oxygen atoms in total. The van der Waals surface area contributed by atoms with Crippen LogP contribution in [0.25, 0.3) is 0 Å². The first-order valence-electron chi connectivity index (χ1n) is 5.18. The Morgan fingerprint density at radius 2 is 2.18 bits per heavy atom. The zero-order chi connectivity index (χ0) is 13.0. The van der Waals surface area contributed by atoms with Crippen molar-refractivity contribution in [2.75, 3.05) is 0 Å². The van der Waals surface area contributed by atoms with Crippen LogP contribution in [0.1, 0.15) is 29.4 Å². The lowest BCUT2D eigenvalue weighted by atomic mass is 10.2. The Bertz CT molecular complexity index is 492. The normalized spacial score (nSPS) is 11.9. The molecule has 1 unspecified atom stereocenters. The molecule has 1 rings (SSSR count). The van der Waals surface area contributed by atoms with Gasteiger partial charge in [0.1, 0.15) is 11.6 Å². The van der Waals surface area contributed by atoms with Crippen molar-refractivity contribution in [3.8, 4) is 0 Å². The van der Waals surface area contributed by atoms with Crippen LogP contribution in [0.3, 0.4) is 0 Å². The summed E-state index contributed by atoms with van der Waals surface area (Å²) in [6.07, 6.45) is 1.53. The second-order valence-corrected chi connectivity index (χ2v) is 3.67. The van der Waals surface area contributed by atoms with Crippen LogP contribution >= 0.6 is 0 Å². The number of aromatic nitrogens is 1. The molecule has 1 amide bonds. The van der Waals surface area contributed by atoms with Crippen molar-refractivity contribution in [1.82, 2.24) is 10.3 Å². The van der Waals surface area contributed by atoms with Crippen molar-refractivity contribution in [1.29, 1.82) is 0 Å². The summed E-state index contributed by atoms with van der Waals surface area (Å²) in [6.45, 7) is 3.33. The zero-order valence-corrected chi connectivity index (χ0v) is 9.61. The van der Waals surface area contributed by atoms with E-state index >= 15 is 0 Å². The van der Waals surface area contributed by atoms with Crippen LogP contribution in [0.15, 0.2) is 17.1 Å². The molecule has 3 N–H and O–H groups in total. The van der Waals surface area contributed by atoms with Crippen molar-refractivity contribution in [3.63, 3.8) is 0 Å². The van der Waals surface area contributed by atoms with Crippen molar-refractivity contribution >= 4 is 11.9 Å². The molecule has 0 aromatic carbocycles. The van der Waals surface area contributed by atoms with Gasteiger partial charge in [-0.25, -0.2) is 4.79 Å². The quantitative estimate of drug-likeness (QED) is 0.701. The number of carbonyl (C=O) groups excluding carboxylic acids is 1. The van der Waals surface area contributed by atoms with E-state index in [-0.39, 0.29) is 12.0 Å². The van der Waals surface area contributed by atoms with Crippen molar-refractivity contribution < 1.29 is 14.7 Å². The maximum absolute atomic E-state index is 11.7. The number of nitrogens with one attached hydrogen (secondary N) is 2. The first kappa shape index (κ1) is 13.0. The van der Waals surface area contributed by atoms with Crippen LogP contribution in [0.4, 0.5) is 0 Å². The highest BCUT2D eigenvalue weighted by molar-refractivity contribution is 5.96. The molecule has 0 aliphatic rings. The number of H-pyrrole nitrogens is 1. The Labute approximate surface area is 97.7 Å². The van der Waals surface area contributed by atoms with Gasteiger partial charge in [-0.1, -0.05) is 6.92 Å². The number of aromatic amines is 1. The monoisotopic (exact) mass is 238 g/mol. The minimum atomic E-state index is -1.12. The van der Waals surface area contributed by atoms with Gasteiger partial charge in [0, 0.05) is 18.0 Å². The third kappa shape index (κ3) is 3.17. The Balaban J connectivity index is 2.90. The number of carboxylic acid groups (broad SMARTS) is 1. The average Bonchev–Trinajstić information content (AvgIpc) is 2.24. The molecule has 92 valence electrons. The fourth-order valence-electron chi connectivity index (χ4n) is 1.33. The molecule has 0 spiro atoms. The highest BCUT2D eigenvalue weighted by atomic mass is 16.4. The minimum Gasteiger partial charge on any atom is -0.480 e. The van der Waals surface area contributed by atoms with E-state index in [1.165, 1.54) is 12.3 Å². The molecule has 1 aromatic heterocycles. The van der Waals surface area contributed by atoms with Crippen LogP contribution < -0.4 is 10.7 Å². The number of carboxylic acids is 1. The van der Waals surface area contributed by atoms with Gasteiger partial charge in [-0.05, 0) is 13.3 Å². The molecule has 0 aliphatic heterocycles. The second kappa shape index (κ2) is 5.29. The van der Waals surface area contributed by atoms with Gasteiger partial charge in [-0.3, -0.25) is 9.59 Å². The van der Waals surface area contributed by atoms with E-state index < -0.39 is 23.3 Å². The molecule has 0 radical (unpaired) electrons. The topological polar surface area (TPSA) is 99.3 Å². The van der Waals surface area contributed by atoms with Gasteiger partial charge in [-0.15, -0.1) is 0 Å². The van der Waals surface area contributed by atoms with Gasteiger partial charge in [0.15, 0.2) is 5.43 Å². The highest BCUT2D eigenvalue weighted by Gasteiger charge is 2.19. The lowest BCUT2D eigenvalue weighted by Gasteiger charge is -2.11. The predicted octanol–water partition coefficient (Wildman–Crippen LogP) is 0.276. The second-order valence-electron chi connectivity index (χ2n) is 3.67. The van der Waals surface area contributed by atoms with Gasteiger partial charge < -0.3 is 15.4 Å². The maximum atomic E-state index is 11.7. The highest BCUT2D eigenvalue weighted by Crippen LogP contribution is 1.96. The Morgan fingerprint density at radius 3 is 2.65 bits per heavy atom. The molecular weight excluding hydrogens is 224 g/mol. The number of amides is 1. The molecule has 0 saturated carbocycles. The largest absolute Gasteiger partial charge is 0.480 e. The standard InChI is InChI=1S/C11H14N2O4/c1-3-8(11(16)17)13-10(15)7-5-12-6(2)4-9(7)14/h4-5,8H,3H2,1-2H3,(H,12,14)(H,13,15)(H,16,17). The Morgan fingerprint density at radius 1 is 1.53 bits per heavy atom. The molecule has 1 heterocycles. The fraction of sp³-hybridized carbons (Fsp3) is 0.364. The van der Waals surface area contributed by atoms with Gasteiger partial charge in [-0.2, -0.15) is 0 Å². The van der Waals surface area contributed by atoms with E-state index in [4.69, 9.17) is 5.11 Å². The molecule has 17 heavy (non-hydrogen) atoms. The summed E-state index contributed by atoms with van der Waals surface area (Å²) in [5.41, 5.74) is 0.117. The number of pyridine rings is 1. The summed E-state index contributed by atoms with van der Waals surface area (Å²) in [7, 11) is 0. The van der Waals surface area contributed by atoms with Crippen LogP contribution in [0.5, 0.6) is 0 Å². The molecule has 0 fully saturated rings.